The number of nitrogens with one attached hydrogen (secondary N) is 1. The minimum absolute atomic E-state index is 0.173. The van der Waals surface area contributed by atoms with Gasteiger partial charge in [-0.25, -0.2) is 0 Å². The summed E-state index contributed by atoms with van der Waals surface area (Å²) >= 11 is 0. The van der Waals surface area contributed by atoms with Crippen LogP contribution in [0.5, 0.6) is 0 Å². The molecule has 0 heterocycles. The Morgan fingerprint density at radius 3 is 2.33 bits per heavy atom. The zero-order valence-corrected chi connectivity index (χ0v) is 10.9. The van der Waals surface area contributed by atoms with Crippen LogP contribution in [0.1, 0.15) is 6.92 Å². The number of aliphatic hydroxyl groups is 1. The molecule has 1 aromatic rings. The molecule has 0 radical (unpaired) electrons. The summed E-state index contributed by atoms with van der Waals surface area (Å²) in [5.41, 5.74) is -3.01. The molecular formula is C12H13F3N2O4. The number of anilines is 1. The molecule has 1 aromatic carbocycles. The van der Waals surface area contributed by atoms with Crippen molar-refractivity contribution in [2.75, 3.05) is 11.9 Å². The molecule has 2 atom stereocenters. The van der Waals surface area contributed by atoms with Gasteiger partial charge in [0.25, 0.3) is 5.91 Å². The van der Waals surface area contributed by atoms with Gasteiger partial charge in [-0.15, -0.1) is 0 Å². The van der Waals surface area contributed by atoms with Crippen molar-refractivity contribution in [3.05, 3.63) is 40.4 Å². The minimum Gasteiger partial charge on any atom is -0.382 e. The molecular weight excluding hydrogens is 293 g/mol. The molecule has 0 aliphatic carbocycles. The fourth-order valence-corrected chi connectivity index (χ4v) is 1.62. The van der Waals surface area contributed by atoms with Crippen LogP contribution in [-0.4, -0.2) is 34.8 Å². The molecule has 6 nitrogen and oxygen atoms in total. The summed E-state index contributed by atoms with van der Waals surface area (Å²) in [7, 11) is 0. The van der Waals surface area contributed by atoms with E-state index in [1.165, 1.54) is 24.3 Å². The zero-order chi connectivity index (χ0) is 16.3. The summed E-state index contributed by atoms with van der Waals surface area (Å²) < 4.78 is 38.9. The third kappa shape index (κ3) is 3.91. The summed E-state index contributed by atoms with van der Waals surface area (Å²) in [5, 5.41) is 22.1. The van der Waals surface area contributed by atoms with Gasteiger partial charge in [-0.05, 0) is 19.1 Å². The highest BCUT2D eigenvalue weighted by Gasteiger charge is 2.61. The number of nitrogens with zero attached hydrogens (tertiary/aromatic N) is 1. The normalized spacial score (nSPS) is 15.9. The van der Waals surface area contributed by atoms with E-state index >= 15 is 0 Å². The Labute approximate surface area is 117 Å². The number of carbonyl (C=O) groups is 1. The topological polar surface area (TPSA) is 92.5 Å². The number of hydrogen-bond acceptors (Lipinski definition) is 4. The van der Waals surface area contributed by atoms with Gasteiger partial charge in [0.15, 0.2) is 11.5 Å². The molecule has 0 spiro atoms. The van der Waals surface area contributed by atoms with Crippen LogP contribution in [-0.2, 0) is 4.79 Å². The highest BCUT2D eigenvalue weighted by Crippen LogP contribution is 2.41. The van der Waals surface area contributed by atoms with E-state index in [0.29, 0.717) is 6.92 Å². The van der Waals surface area contributed by atoms with Gasteiger partial charge >= 0.3 is 6.18 Å². The van der Waals surface area contributed by atoms with Crippen molar-refractivity contribution < 1.29 is 28.0 Å². The van der Waals surface area contributed by atoms with Crippen LogP contribution >= 0.6 is 0 Å². The number of rotatable bonds is 5. The molecule has 1 amide bonds. The Morgan fingerprint density at radius 1 is 1.38 bits per heavy atom. The average molecular weight is 306 g/mol. The van der Waals surface area contributed by atoms with E-state index in [0.717, 1.165) is 0 Å². The lowest BCUT2D eigenvalue weighted by molar-refractivity contribution is -0.513. The lowest BCUT2D eigenvalue weighted by Gasteiger charge is -2.31. The van der Waals surface area contributed by atoms with Crippen LogP contribution in [0.3, 0.4) is 0 Å². The summed E-state index contributed by atoms with van der Waals surface area (Å²) in [5.74, 6) is -1.36. The van der Waals surface area contributed by atoms with Gasteiger partial charge in [0, 0.05) is 10.6 Å². The number of nitro groups is 1. The third-order valence-corrected chi connectivity index (χ3v) is 3.00. The molecule has 1 rings (SSSR count). The van der Waals surface area contributed by atoms with Crippen molar-refractivity contribution in [3.63, 3.8) is 0 Å². The molecule has 0 fully saturated rings. The first-order chi connectivity index (χ1) is 9.58. The monoisotopic (exact) mass is 306 g/mol. The maximum atomic E-state index is 13.0. The second-order valence-electron chi connectivity index (χ2n) is 4.66. The smallest absolute Gasteiger partial charge is 0.382 e. The zero-order valence-electron chi connectivity index (χ0n) is 10.9. The van der Waals surface area contributed by atoms with E-state index in [2.05, 4.69) is 5.32 Å². The Kier molecular flexibility index (Phi) is 4.89. The largest absolute Gasteiger partial charge is 0.403 e. The second-order valence-corrected chi connectivity index (χ2v) is 4.66. The summed E-state index contributed by atoms with van der Waals surface area (Å²) in [4.78, 5) is 20.9. The quantitative estimate of drug-likeness (QED) is 0.641. The predicted molar refractivity (Wildman–Crippen MR) is 67.1 cm³/mol. The van der Waals surface area contributed by atoms with E-state index in [1.807, 2.05) is 0 Å². The molecule has 0 aliphatic heterocycles. The van der Waals surface area contributed by atoms with Crippen molar-refractivity contribution >= 4 is 11.6 Å². The standard InChI is InChI=1S/C12H13F3N2O4/c1-11(7-17(20)21,12(13,14)15)9(18)10(19)16-8-5-3-2-4-6-8/h2-6,9,18H,7H2,1H3,(H,16,19). The Balaban J connectivity index is 2.98. The first-order valence-corrected chi connectivity index (χ1v) is 5.80. The molecule has 2 N–H and O–H groups in total. The van der Waals surface area contributed by atoms with Crippen molar-refractivity contribution in [2.24, 2.45) is 5.41 Å². The number of hydrogen-bond donors (Lipinski definition) is 2. The van der Waals surface area contributed by atoms with Gasteiger partial charge in [0.2, 0.25) is 6.54 Å². The van der Waals surface area contributed by atoms with Gasteiger partial charge in [-0.1, -0.05) is 18.2 Å². The molecule has 9 heteroatoms. The summed E-state index contributed by atoms with van der Waals surface area (Å²) in [6.45, 7) is -1.18. The number of amides is 1. The molecule has 0 bridgehead atoms. The fraction of sp³-hybridized carbons (Fsp3) is 0.417. The Morgan fingerprint density at radius 2 is 1.90 bits per heavy atom. The maximum absolute atomic E-state index is 13.0. The number of alkyl halides is 3. The van der Waals surface area contributed by atoms with Gasteiger partial charge in [0.05, 0.1) is 0 Å². The van der Waals surface area contributed by atoms with Crippen LogP contribution in [0.4, 0.5) is 18.9 Å². The van der Waals surface area contributed by atoms with Gasteiger partial charge in [-0.2, -0.15) is 13.2 Å². The highest BCUT2D eigenvalue weighted by molar-refractivity contribution is 5.94. The summed E-state index contributed by atoms with van der Waals surface area (Å²) in [6.07, 6.45) is -7.73. The molecule has 0 aliphatic rings. The van der Waals surface area contributed by atoms with E-state index < -0.39 is 35.1 Å². The van der Waals surface area contributed by atoms with E-state index in [4.69, 9.17) is 0 Å². The lowest BCUT2D eigenvalue weighted by atomic mass is 9.82. The van der Waals surface area contributed by atoms with E-state index in [9.17, 15) is 33.2 Å². The van der Waals surface area contributed by atoms with Crippen molar-refractivity contribution in [1.82, 2.24) is 0 Å². The SMILES string of the molecule is CC(C[N+](=O)[O-])(C(O)C(=O)Nc1ccccc1)C(F)(F)F. The van der Waals surface area contributed by atoms with E-state index in [-0.39, 0.29) is 5.69 Å². The molecule has 0 aromatic heterocycles. The Hall–Kier alpha value is -2.16. The number of carbonyl (C=O) groups excluding carboxylic acids is 1. The number of para-hydroxylation sites is 1. The van der Waals surface area contributed by atoms with Gasteiger partial charge < -0.3 is 10.4 Å². The van der Waals surface area contributed by atoms with Crippen LogP contribution < -0.4 is 5.32 Å². The maximum Gasteiger partial charge on any atom is 0.403 e. The Bertz CT molecular complexity index is 521. The van der Waals surface area contributed by atoms with Crippen molar-refractivity contribution in [2.45, 2.75) is 19.2 Å². The van der Waals surface area contributed by atoms with Crippen molar-refractivity contribution in [3.8, 4) is 0 Å². The number of halogens is 3. The first-order valence-electron chi connectivity index (χ1n) is 5.80. The predicted octanol–water partition coefficient (Wildman–Crippen LogP) is 1.83. The molecule has 0 saturated carbocycles. The average Bonchev–Trinajstić information content (AvgIpc) is 2.36. The molecule has 21 heavy (non-hydrogen) atoms. The number of benzene rings is 1. The highest BCUT2D eigenvalue weighted by atomic mass is 19.4. The van der Waals surface area contributed by atoms with Gasteiger partial charge in [0.1, 0.15) is 0 Å². The fourth-order valence-electron chi connectivity index (χ4n) is 1.62. The number of aliphatic hydroxyl groups excluding tert-OH is 1. The molecule has 2 unspecified atom stereocenters. The molecule has 116 valence electrons. The van der Waals surface area contributed by atoms with Gasteiger partial charge in [-0.3, -0.25) is 14.9 Å². The minimum atomic E-state index is -5.12. The van der Waals surface area contributed by atoms with Crippen LogP contribution in [0.15, 0.2) is 30.3 Å². The molecule has 0 saturated heterocycles. The van der Waals surface area contributed by atoms with Crippen LogP contribution in [0, 0.1) is 15.5 Å². The lowest BCUT2D eigenvalue weighted by Crippen LogP contribution is -2.54. The van der Waals surface area contributed by atoms with E-state index in [1.54, 1.807) is 6.07 Å². The third-order valence-electron chi connectivity index (χ3n) is 3.00. The first kappa shape index (κ1) is 16.9. The van der Waals surface area contributed by atoms with Crippen LogP contribution in [0.2, 0.25) is 0 Å². The second kappa shape index (κ2) is 6.08. The van der Waals surface area contributed by atoms with Crippen molar-refractivity contribution in [1.29, 1.82) is 0 Å². The summed E-state index contributed by atoms with van der Waals surface area (Å²) in [6, 6.07) is 7.49. The van der Waals surface area contributed by atoms with Crippen LogP contribution in [0.25, 0.3) is 0 Å².